The minimum absolute atomic E-state index is 0.0327. The van der Waals surface area contributed by atoms with Crippen molar-refractivity contribution in [1.29, 1.82) is 0 Å². The van der Waals surface area contributed by atoms with Crippen LogP contribution in [0.25, 0.3) is 0 Å². The number of rotatable bonds is 6. The van der Waals surface area contributed by atoms with Gasteiger partial charge in [0.05, 0.1) is 11.3 Å². The van der Waals surface area contributed by atoms with Crippen molar-refractivity contribution in [2.75, 3.05) is 17.2 Å². The second-order valence-electron chi connectivity index (χ2n) is 6.86. The summed E-state index contributed by atoms with van der Waals surface area (Å²) in [5.74, 6) is -1.10. The Morgan fingerprint density at radius 3 is 2.54 bits per heavy atom. The molecule has 2 N–H and O–H groups in total. The van der Waals surface area contributed by atoms with Crippen LogP contribution in [0.1, 0.15) is 39.2 Å². The Balaban J connectivity index is 1.64. The molecule has 1 saturated carbocycles. The molecule has 148 valence electrons. The molecule has 0 bridgehead atoms. The molecule has 6 nitrogen and oxygen atoms in total. The van der Waals surface area contributed by atoms with Crippen molar-refractivity contribution in [3.8, 4) is 0 Å². The van der Waals surface area contributed by atoms with Gasteiger partial charge in [-0.1, -0.05) is 6.07 Å². The summed E-state index contributed by atoms with van der Waals surface area (Å²) in [7, 11) is 0. The summed E-state index contributed by atoms with van der Waals surface area (Å²) in [4.78, 5) is 37.7. The van der Waals surface area contributed by atoms with Gasteiger partial charge in [-0.15, -0.1) is 11.3 Å². The largest absolute Gasteiger partial charge is 0.452 e. The van der Waals surface area contributed by atoms with Gasteiger partial charge in [0.2, 0.25) is 5.91 Å². The van der Waals surface area contributed by atoms with E-state index in [0.717, 1.165) is 33.3 Å². The second kappa shape index (κ2) is 8.45. The van der Waals surface area contributed by atoms with E-state index in [1.807, 2.05) is 26.0 Å². The summed E-state index contributed by atoms with van der Waals surface area (Å²) in [6, 6.07) is 5.53. The number of amides is 2. The van der Waals surface area contributed by atoms with Crippen LogP contribution in [0, 0.1) is 26.7 Å². The van der Waals surface area contributed by atoms with E-state index in [1.165, 1.54) is 11.3 Å². The number of nitrogens with one attached hydrogen (secondary N) is 2. The average Bonchev–Trinajstić information content (AvgIpc) is 3.43. The molecule has 0 spiro atoms. The molecule has 1 fully saturated rings. The third-order valence-electron chi connectivity index (χ3n) is 4.51. The summed E-state index contributed by atoms with van der Waals surface area (Å²) in [5.41, 5.74) is 2.73. The first-order valence-corrected chi connectivity index (χ1v) is 10.5. The van der Waals surface area contributed by atoms with Gasteiger partial charge in [0.1, 0.15) is 5.00 Å². The Labute approximate surface area is 175 Å². The molecule has 28 heavy (non-hydrogen) atoms. The van der Waals surface area contributed by atoms with Gasteiger partial charge in [0.15, 0.2) is 6.61 Å². The standard InChI is InChI=1S/C20H21BrN2O4S/c1-10-4-7-15(14(21)8-10)22-16(24)9-27-20(26)17-11(2)12(3)28-19(17)23-18(25)13-5-6-13/h4,7-8,13H,5-6,9H2,1-3H3,(H,22,24)(H,23,25). The van der Waals surface area contributed by atoms with E-state index in [4.69, 9.17) is 4.74 Å². The number of benzene rings is 1. The summed E-state index contributed by atoms with van der Waals surface area (Å²) >= 11 is 4.74. The predicted molar refractivity (Wildman–Crippen MR) is 113 cm³/mol. The molecule has 8 heteroatoms. The zero-order chi connectivity index (χ0) is 20.4. The highest BCUT2D eigenvalue weighted by atomic mass is 79.9. The molecule has 3 rings (SSSR count). The van der Waals surface area contributed by atoms with Gasteiger partial charge in [-0.05, 0) is 72.8 Å². The van der Waals surface area contributed by atoms with E-state index in [0.29, 0.717) is 16.3 Å². The highest BCUT2D eigenvalue weighted by molar-refractivity contribution is 9.10. The van der Waals surface area contributed by atoms with Crippen LogP contribution >= 0.6 is 27.3 Å². The molecule has 1 aromatic heterocycles. The van der Waals surface area contributed by atoms with E-state index in [1.54, 1.807) is 13.0 Å². The zero-order valence-electron chi connectivity index (χ0n) is 15.8. The van der Waals surface area contributed by atoms with Crippen LogP contribution in [0.5, 0.6) is 0 Å². The average molecular weight is 465 g/mol. The fourth-order valence-electron chi connectivity index (χ4n) is 2.63. The fraction of sp³-hybridized carbons (Fsp3) is 0.350. The first kappa shape index (κ1) is 20.5. The molecular weight excluding hydrogens is 444 g/mol. The van der Waals surface area contributed by atoms with Crippen LogP contribution in [0.2, 0.25) is 0 Å². The Bertz CT molecular complexity index is 950. The van der Waals surface area contributed by atoms with Crippen molar-refractivity contribution >= 4 is 55.7 Å². The number of halogens is 1. The molecule has 1 aromatic carbocycles. The van der Waals surface area contributed by atoms with Crippen molar-refractivity contribution in [3.05, 3.63) is 44.2 Å². The third kappa shape index (κ3) is 4.80. The van der Waals surface area contributed by atoms with E-state index >= 15 is 0 Å². The minimum Gasteiger partial charge on any atom is -0.452 e. The van der Waals surface area contributed by atoms with Crippen LogP contribution < -0.4 is 10.6 Å². The number of hydrogen-bond donors (Lipinski definition) is 2. The van der Waals surface area contributed by atoms with Crippen molar-refractivity contribution in [2.45, 2.75) is 33.6 Å². The number of hydrogen-bond acceptors (Lipinski definition) is 5. The minimum atomic E-state index is -0.619. The van der Waals surface area contributed by atoms with Gasteiger partial charge >= 0.3 is 5.97 Å². The Morgan fingerprint density at radius 1 is 1.18 bits per heavy atom. The quantitative estimate of drug-likeness (QED) is 0.612. The van der Waals surface area contributed by atoms with E-state index in [9.17, 15) is 14.4 Å². The molecule has 0 unspecified atom stereocenters. The number of ether oxygens (including phenoxy) is 1. The molecular formula is C20H21BrN2O4S. The lowest BCUT2D eigenvalue weighted by atomic mass is 10.1. The molecule has 1 aliphatic carbocycles. The van der Waals surface area contributed by atoms with Crippen molar-refractivity contribution in [1.82, 2.24) is 0 Å². The van der Waals surface area contributed by atoms with Crippen molar-refractivity contribution in [2.24, 2.45) is 5.92 Å². The molecule has 2 aromatic rings. The first-order chi connectivity index (χ1) is 13.3. The SMILES string of the molecule is Cc1ccc(NC(=O)COC(=O)c2c(NC(=O)C3CC3)sc(C)c2C)c(Br)c1. The predicted octanol–water partition coefficient (Wildman–Crippen LogP) is 4.58. The van der Waals surface area contributed by atoms with Crippen LogP contribution in [0.15, 0.2) is 22.7 Å². The van der Waals surface area contributed by atoms with Gasteiger partial charge < -0.3 is 15.4 Å². The van der Waals surface area contributed by atoms with E-state index < -0.39 is 18.5 Å². The number of esters is 1. The Hall–Kier alpha value is -2.19. The van der Waals surface area contributed by atoms with E-state index in [2.05, 4.69) is 26.6 Å². The van der Waals surface area contributed by atoms with Crippen LogP contribution in [-0.2, 0) is 14.3 Å². The van der Waals surface area contributed by atoms with Crippen LogP contribution in [0.4, 0.5) is 10.7 Å². The molecule has 0 atom stereocenters. The number of carbonyl (C=O) groups is 3. The lowest BCUT2D eigenvalue weighted by Gasteiger charge is -2.10. The summed E-state index contributed by atoms with van der Waals surface area (Å²) in [5, 5.41) is 6.02. The van der Waals surface area contributed by atoms with Gasteiger partial charge in [-0.2, -0.15) is 0 Å². The molecule has 1 heterocycles. The molecule has 0 radical (unpaired) electrons. The summed E-state index contributed by atoms with van der Waals surface area (Å²) in [6.07, 6.45) is 1.76. The van der Waals surface area contributed by atoms with Gasteiger partial charge in [0.25, 0.3) is 5.91 Å². The topological polar surface area (TPSA) is 84.5 Å². The number of carbonyl (C=O) groups excluding carboxylic acids is 3. The highest BCUT2D eigenvalue weighted by Crippen LogP contribution is 2.36. The van der Waals surface area contributed by atoms with Gasteiger partial charge in [-0.25, -0.2) is 4.79 Å². The number of anilines is 2. The van der Waals surface area contributed by atoms with Crippen molar-refractivity contribution in [3.63, 3.8) is 0 Å². The van der Waals surface area contributed by atoms with Gasteiger partial charge in [-0.3, -0.25) is 9.59 Å². The second-order valence-corrected chi connectivity index (χ2v) is 8.94. The monoisotopic (exact) mass is 464 g/mol. The number of thiophene rings is 1. The summed E-state index contributed by atoms with van der Waals surface area (Å²) in [6.45, 7) is 5.22. The van der Waals surface area contributed by atoms with E-state index in [-0.39, 0.29) is 11.8 Å². The fourth-order valence-corrected chi connectivity index (χ4v) is 4.28. The first-order valence-electron chi connectivity index (χ1n) is 8.90. The lowest BCUT2D eigenvalue weighted by molar-refractivity contribution is -0.119. The number of aryl methyl sites for hydroxylation is 2. The van der Waals surface area contributed by atoms with Crippen LogP contribution in [-0.4, -0.2) is 24.4 Å². The maximum Gasteiger partial charge on any atom is 0.341 e. The van der Waals surface area contributed by atoms with Crippen LogP contribution in [0.3, 0.4) is 0 Å². The lowest BCUT2D eigenvalue weighted by Crippen LogP contribution is -2.22. The molecule has 0 saturated heterocycles. The van der Waals surface area contributed by atoms with Gasteiger partial charge in [0, 0.05) is 15.3 Å². The third-order valence-corrected chi connectivity index (χ3v) is 6.29. The highest BCUT2D eigenvalue weighted by Gasteiger charge is 2.31. The normalized spacial score (nSPS) is 13.1. The zero-order valence-corrected chi connectivity index (χ0v) is 18.3. The van der Waals surface area contributed by atoms with Crippen molar-refractivity contribution < 1.29 is 19.1 Å². The molecule has 1 aliphatic rings. The molecule has 2 amide bonds. The maximum atomic E-state index is 12.6. The smallest absolute Gasteiger partial charge is 0.341 e. The maximum absolute atomic E-state index is 12.6. The Kier molecular flexibility index (Phi) is 6.20. The molecule has 0 aliphatic heterocycles. The summed E-state index contributed by atoms with van der Waals surface area (Å²) < 4.78 is 5.96. The Morgan fingerprint density at radius 2 is 1.89 bits per heavy atom.